The van der Waals surface area contributed by atoms with Crippen LogP contribution in [0.25, 0.3) is 0 Å². The average molecular weight is 218 g/mol. The standard InChI is InChI=1S/C16H26/c1-3-5-7-9-11-13-15-16-14-12-10-8-6-4-2/h3,5,10-14,16H,4,6-9,15H2,1-2H3/b5-3+,12-10+,13-11+,16-14+. The van der Waals surface area contributed by atoms with E-state index < -0.39 is 0 Å². The monoisotopic (exact) mass is 218 g/mol. The Hall–Kier alpha value is -1.04. The van der Waals surface area contributed by atoms with Gasteiger partial charge in [0, 0.05) is 0 Å². The van der Waals surface area contributed by atoms with Crippen LogP contribution in [0, 0.1) is 0 Å². The molecule has 0 aliphatic rings. The summed E-state index contributed by atoms with van der Waals surface area (Å²) in [5.74, 6) is 0. The van der Waals surface area contributed by atoms with Crippen LogP contribution in [0.5, 0.6) is 0 Å². The molecule has 0 saturated carbocycles. The van der Waals surface area contributed by atoms with Gasteiger partial charge in [-0.2, -0.15) is 0 Å². The number of hydrogen-bond donors (Lipinski definition) is 0. The Morgan fingerprint density at radius 3 is 2.25 bits per heavy atom. The molecule has 0 heteroatoms. The van der Waals surface area contributed by atoms with Gasteiger partial charge in [0.05, 0.1) is 0 Å². The highest BCUT2D eigenvalue weighted by Gasteiger charge is 1.76. The van der Waals surface area contributed by atoms with Gasteiger partial charge >= 0.3 is 0 Å². The third kappa shape index (κ3) is 13.0. The minimum atomic E-state index is 1.05. The number of unbranched alkanes of at least 4 members (excludes halogenated alkanes) is 3. The number of allylic oxidation sites excluding steroid dienone is 8. The Balaban J connectivity index is 3.35. The van der Waals surface area contributed by atoms with E-state index in [2.05, 4.69) is 62.5 Å². The van der Waals surface area contributed by atoms with Gasteiger partial charge in [0.2, 0.25) is 0 Å². The van der Waals surface area contributed by atoms with Crippen LogP contribution >= 0.6 is 0 Å². The van der Waals surface area contributed by atoms with Crippen molar-refractivity contribution < 1.29 is 0 Å². The number of rotatable bonds is 9. The molecule has 0 aliphatic heterocycles. The lowest BCUT2D eigenvalue weighted by atomic mass is 10.2. The van der Waals surface area contributed by atoms with E-state index in [1.807, 2.05) is 0 Å². The zero-order chi connectivity index (χ0) is 11.9. The number of hydrogen-bond acceptors (Lipinski definition) is 0. The molecule has 0 aromatic carbocycles. The quantitative estimate of drug-likeness (QED) is 0.269. The molecule has 0 aliphatic carbocycles. The average Bonchev–Trinajstić information content (AvgIpc) is 2.31. The molecule has 0 radical (unpaired) electrons. The fourth-order valence-electron chi connectivity index (χ4n) is 1.31. The van der Waals surface area contributed by atoms with Crippen molar-refractivity contribution in [3.05, 3.63) is 48.6 Å². The summed E-state index contributed by atoms with van der Waals surface area (Å²) in [5, 5.41) is 0. The van der Waals surface area contributed by atoms with Gasteiger partial charge in [-0.25, -0.2) is 0 Å². The van der Waals surface area contributed by atoms with Crippen molar-refractivity contribution in [1.29, 1.82) is 0 Å². The molecule has 0 heterocycles. The first-order chi connectivity index (χ1) is 7.91. The highest BCUT2D eigenvalue weighted by atomic mass is 13.8. The van der Waals surface area contributed by atoms with Crippen molar-refractivity contribution in [1.82, 2.24) is 0 Å². The lowest BCUT2D eigenvalue weighted by Gasteiger charge is -1.86. The van der Waals surface area contributed by atoms with Gasteiger partial charge in [0.25, 0.3) is 0 Å². The predicted molar refractivity (Wildman–Crippen MR) is 75.6 cm³/mol. The van der Waals surface area contributed by atoms with Gasteiger partial charge in [0.1, 0.15) is 0 Å². The van der Waals surface area contributed by atoms with E-state index >= 15 is 0 Å². The molecule has 0 N–H and O–H groups in total. The van der Waals surface area contributed by atoms with Crippen molar-refractivity contribution in [3.63, 3.8) is 0 Å². The van der Waals surface area contributed by atoms with Crippen LogP contribution in [-0.4, -0.2) is 0 Å². The van der Waals surface area contributed by atoms with E-state index in [4.69, 9.17) is 0 Å². The van der Waals surface area contributed by atoms with Gasteiger partial charge in [-0.3, -0.25) is 0 Å². The summed E-state index contributed by atoms with van der Waals surface area (Å²) < 4.78 is 0. The Morgan fingerprint density at radius 2 is 1.50 bits per heavy atom. The molecule has 0 spiro atoms. The molecule has 0 nitrogen and oxygen atoms in total. The highest BCUT2D eigenvalue weighted by molar-refractivity contribution is 5.04. The molecular formula is C16H26. The van der Waals surface area contributed by atoms with Gasteiger partial charge < -0.3 is 0 Å². The van der Waals surface area contributed by atoms with Crippen molar-refractivity contribution >= 4 is 0 Å². The summed E-state index contributed by atoms with van der Waals surface area (Å²) in [6, 6.07) is 0. The van der Waals surface area contributed by atoms with Crippen LogP contribution in [-0.2, 0) is 0 Å². The van der Waals surface area contributed by atoms with Crippen LogP contribution in [0.2, 0.25) is 0 Å². The fourth-order valence-corrected chi connectivity index (χ4v) is 1.31. The van der Waals surface area contributed by atoms with Gasteiger partial charge in [-0.15, -0.1) is 0 Å². The summed E-state index contributed by atoms with van der Waals surface area (Å²) in [6.45, 7) is 4.29. The van der Waals surface area contributed by atoms with Crippen LogP contribution in [0.3, 0.4) is 0 Å². The molecule has 0 aromatic heterocycles. The Morgan fingerprint density at radius 1 is 0.750 bits per heavy atom. The zero-order valence-electron chi connectivity index (χ0n) is 10.9. The Bertz CT molecular complexity index is 228. The van der Waals surface area contributed by atoms with Crippen LogP contribution in [0.1, 0.15) is 52.4 Å². The minimum absolute atomic E-state index is 1.05. The van der Waals surface area contributed by atoms with Crippen LogP contribution < -0.4 is 0 Å². The SMILES string of the molecule is C/C=C/CC/C=C/C/C=C/C=C/CCCC. The van der Waals surface area contributed by atoms with E-state index in [0.29, 0.717) is 0 Å². The first-order valence-electron chi connectivity index (χ1n) is 6.49. The van der Waals surface area contributed by atoms with Crippen molar-refractivity contribution in [2.75, 3.05) is 0 Å². The van der Waals surface area contributed by atoms with Crippen LogP contribution in [0.4, 0.5) is 0 Å². The minimum Gasteiger partial charge on any atom is -0.0917 e. The fraction of sp³-hybridized carbons (Fsp3) is 0.500. The Labute approximate surface area is 101 Å². The second-order valence-corrected chi connectivity index (χ2v) is 3.85. The largest absolute Gasteiger partial charge is 0.0917 e. The van der Waals surface area contributed by atoms with E-state index in [0.717, 1.165) is 19.3 Å². The smallest absolute Gasteiger partial charge is 0.0166 e. The second kappa shape index (κ2) is 14.0. The van der Waals surface area contributed by atoms with Gasteiger partial charge in [-0.05, 0) is 32.6 Å². The van der Waals surface area contributed by atoms with Gasteiger partial charge in [0.15, 0.2) is 0 Å². The summed E-state index contributed by atoms with van der Waals surface area (Å²) in [5.41, 5.74) is 0. The molecule has 0 unspecified atom stereocenters. The second-order valence-electron chi connectivity index (χ2n) is 3.85. The molecule has 0 bridgehead atoms. The normalized spacial score (nSPS) is 12.9. The maximum absolute atomic E-state index is 2.26. The predicted octanol–water partition coefficient (Wildman–Crippen LogP) is 5.59. The maximum Gasteiger partial charge on any atom is -0.0166 e. The molecule has 16 heavy (non-hydrogen) atoms. The molecule has 0 saturated heterocycles. The lowest BCUT2D eigenvalue weighted by Crippen LogP contribution is -1.66. The van der Waals surface area contributed by atoms with E-state index in [1.165, 1.54) is 19.3 Å². The molecule has 0 amide bonds. The molecule has 0 rings (SSSR count). The van der Waals surface area contributed by atoms with Gasteiger partial charge in [-0.1, -0.05) is 68.4 Å². The lowest BCUT2D eigenvalue weighted by molar-refractivity contribution is 0.815. The van der Waals surface area contributed by atoms with E-state index in [9.17, 15) is 0 Å². The third-order valence-corrected chi connectivity index (χ3v) is 2.28. The maximum atomic E-state index is 2.26. The van der Waals surface area contributed by atoms with Crippen LogP contribution in [0.15, 0.2) is 48.6 Å². The van der Waals surface area contributed by atoms with E-state index in [1.54, 1.807) is 0 Å². The topological polar surface area (TPSA) is 0 Å². The molecule has 90 valence electrons. The molecule has 0 atom stereocenters. The molecule has 0 aromatic rings. The summed E-state index contributed by atoms with van der Waals surface area (Å²) in [7, 11) is 0. The van der Waals surface area contributed by atoms with Crippen molar-refractivity contribution in [3.8, 4) is 0 Å². The highest BCUT2D eigenvalue weighted by Crippen LogP contribution is 1.97. The first-order valence-corrected chi connectivity index (χ1v) is 6.49. The molecular weight excluding hydrogens is 192 g/mol. The van der Waals surface area contributed by atoms with E-state index in [-0.39, 0.29) is 0 Å². The zero-order valence-corrected chi connectivity index (χ0v) is 10.9. The Kier molecular flexibility index (Phi) is 13.1. The van der Waals surface area contributed by atoms with Crippen molar-refractivity contribution in [2.45, 2.75) is 52.4 Å². The first kappa shape index (κ1) is 15.0. The summed E-state index contributed by atoms with van der Waals surface area (Å²) in [4.78, 5) is 0. The summed E-state index contributed by atoms with van der Waals surface area (Å²) >= 11 is 0. The third-order valence-electron chi connectivity index (χ3n) is 2.28. The molecule has 0 fully saturated rings. The summed E-state index contributed by atoms with van der Waals surface area (Å²) in [6.07, 6.45) is 24.7. The van der Waals surface area contributed by atoms with Crippen molar-refractivity contribution in [2.24, 2.45) is 0 Å².